The highest BCUT2D eigenvalue weighted by molar-refractivity contribution is 5.92. The van der Waals surface area contributed by atoms with Crippen molar-refractivity contribution < 1.29 is 9.59 Å². The number of aryl methyl sites for hydroxylation is 2. The SMILES string of the molecule is Cc1ccncc1/C=C/C(=O)NC1CCC(NC(=O)/C=C/c2cnccc2C)CC1. The van der Waals surface area contributed by atoms with Crippen molar-refractivity contribution in [2.75, 3.05) is 0 Å². The van der Waals surface area contributed by atoms with Crippen LogP contribution in [0.25, 0.3) is 12.2 Å². The number of pyridine rings is 2. The van der Waals surface area contributed by atoms with E-state index in [1.165, 1.54) is 0 Å². The smallest absolute Gasteiger partial charge is 0.244 e. The van der Waals surface area contributed by atoms with E-state index in [2.05, 4.69) is 20.6 Å². The number of aromatic nitrogens is 2. The molecule has 0 aliphatic heterocycles. The molecule has 2 heterocycles. The van der Waals surface area contributed by atoms with E-state index in [-0.39, 0.29) is 23.9 Å². The van der Waals surface area contributed by atoms with Crippen LogP contribution in [0.2, 0.25) is 0 Å². The van der Waals surface area contributed by atoms with Gasteiger partial charge in [0.15, 0.2) is 0 Å². The van der Waals surface area contributed by atoms with Crippen molar-refractivity contribution in [1.29, 1.82) is 0 Å². The molecule has 0 atom stereocenters. The Balaban J connectivity index is 1.41. The van der Waals surface area contributed by atoms with Gasteiger partial charge in [-0.2, -0.15) is 0 Å². The van der Waals surface area contributed by atoms with E-state index in [9.17, 15) is 9.59 Å². The molecule has 6 nitrogen and oxygen atoms in total. The second-order valence-corrected chi connectivity index (χ2v) is 7.70. The van der Waals surface area contributed by atoms with Crippen molar-refractivity contribution in [2.24, 2.45) is 0 Å². The minimum absolute atomic E-state index is 0.0967. The summed E-state index contributed by atoms with van der Waals surface area (Å²) < 4.78 is 0. The van der Waals surface area contributed by atoms with E-state index in [1.54, 1.807) is 49.1 Å². The molecule has 6 heteroatoms. The summed E-state index contributed by atoms with van der Waals surface area (Å²) >= 11 is 0. The summed E-state index contributed by atoms with van der Waals surface area (Å²) in [5.41, 5.74) is 4.04. The van der Waals surface area contributed by atoms with E-state index in [4.69, 9.17) is 0 Å². The second kappa shape index (κ2) is 10.5. The summed E-state index contributed by atoms with van der Waals surface area (Å²) in [5, 5.41) is 6.11. The topological polar surface area (TPSA) is 84.0 Å². The minimum atomic E-state index is -0.0967. The van der Waals surface area contributed by atoms with Gasteiger partial charge in [0.05, 0.1) is 0 Å². The molecule has 0 spiro atoms. The van der Waals surface area contributed by atoms with Gasteiger partial charge in [-0.15, -0.1) is 0 Å². The molecule has 0 saturated heterocycles. The van der Waals surface area contributed by atoms with Gasteiger partial charge in [0.25, 0.3) is 0 Å². The summed E-state index contributed by atoms with van der Waals surface area (Å²) in [6.07, 6.45) is 17.1. The van der Waals surface area contributed by atoms with Gasteiger partial charge in [0.2, 0.25) is 11.8 Å². The average Bonchev–Trinajstić information content (AvgIpc) is 2.74. The van der Waals surface area contributed by atoms with Gasteiger partial charge in [0.1, 0.15) is 0 Å². The Morgan fingerprint density at radius 2 is 1.20 bits per heavy atom. The highest BCUT2D eigenvalue weighted by Crippen LogP contribution is 2.19. The third kappa shape index (κ3) is 6.37. The molecule has 0 radical (unpaired) electrons. The molecule has 0 unspecified atom stereocenters. The molecule has 1 saturated carbocycles. The lowest BCUT2D eigenvalue weighted by atomic mass is 9.91. The Hall–Kier alpha value is -3.28. The predicted molar refractivity (Wildman–Crippen MR) is 118 cm³/mol. The largest absolute Gasteiger partial charge is 0.350 e. The van der Waals surface area contributed by atoms with Crippen LogP contribution in [0.5, 0.6) is 0 Å². The molecule has 0 bridgehead atoms. The van der Waals surface area contributed by atoms with Crippen molar-refractivity contribution in [3.8, 4) is 0 Å². The van der Waals surface area contributed by atoms with Crippen molar-refractivity contribution >= 4 is 24.0 Å². The van der Waals surface area contributed by atoms with Crippen LogP contribution in [0.1, 0.15) is 47.9 Å². The Labute approximate surface area is 177 Å². The van der Waals surface area contributed by atoms with E-state index >= 15 is 0 Å². The van der Waals surface area contributed by atoms with Crippen LogP contribution in [0.4, 0.5) is 0 Å². The van der Waals surface area contributed by atoms with Crippen molar-refractivity contribution in [2.45, 2.75) is 51.6 Å². The Morgan fingerprint density at radius 3 is 1.57 bits per heavy atom. The molecule has 2 N–H and O–H groups in total. The average molecular weight is 405 g/mol. The molecule has 1 aliphatic carbocycles. The van der Waals surface area contributed by atoms with Crippen LogP contribution in [-0.4, -0.2) is 33.9 Å². The predicted octanol–water partition coefficient (Wildman–Crippen LogP) is 3.36. The van der Waals surface area contributed by atoms with E-state index in [0.717, 1.165) is 47.9 Å². The molecule has 156 valence electrons. The third-order valence-corrected chi connectivity index (χ3v) is 5.41. The summed E-state index contributed by atoms with van der Waals surface area (Å²) in [6.45, 7) is 3.98. The second-order valence-electron chi connectivity index (χ2n) is 7.70. The van der Waals surface area contributed by atoms with Crippen LogP contribution < -0.4 is 10.6 Å². The van der Waals surface area contributed by atoms with Gasteiger partial charge in [-0.25, -0.2) is 0 Å². The molecule has 3 rings (SSSR count). The lowest BCUT2D eigenvalue weighted by molar-refractivity contribution is -0.118. The molecule has 1 fully saturated rings. The van der Waals surface area contributed by atoms with Crippen molar-refractivity contribution in [1.82, 2.24) is 20.6 Å². The third-order valence-electron chi connectivity index (χ3n) is 5.41. The highest BCUT2D eigenvalue weighted by atomic mass is 16.2. The zero-order valence-corrected chi connectivity index (χ0v) is 17.5. The quantitative estimate of drug-likeness (QED) is 0.723. The van der Waals surface area contributed by atoms with Crippen LogP contribution in [-0.2, 0) is 9.59 Å². The molecule has 2 aromatic heterocycles. The summed E-state index contributed by atoms with van der Waals surface area (Å²) in [4.78, 5) is 32.6. The Bertz CT molecular complexity index is 866. The lowest BCUT2D eigenvalue weighted by Gasteiger charge is -2.29. The van der Waals surface area contributed by atoms with Gasteiger partial charge in [0, 0.05) is 49.0 Å². The maximum atomic E-state index is 12.2. The number of hydrogen-bond donors (Lipinski definition) is 2. The molecular weight excluding hydrogens is 376 g/mol. The van der Waals surface area contributed by atoms with Crippen molar-refractivity contribution in [3.05, 3.63) is 71.3 Å². The number of nitrogens with one attached hydrogen (secondary N) is 2. The molecule has 2 aromatic rings. The number of amides is 2. The van der Waals surface area contributed by atoms with E-state index in [1.807, 2.05) is 26.0 Å². The first kappa shape index (κ1) is 21.4. The van der Waals surface area contributed by atoms with Crippen LogP contribution in [0, 0.1) is 13.8 Å². The monoisotopic (exact) mass is 404 g/mol. The zero-order valence-electron chi connectivity index (χ0n) is 17.5. The van der Waals surface area contributed by atoms with Gasteiger partial charge in [-0.05, 0) is 86.1 Å². The summed E-state index contributed by atoms with van der Waals surface area (Å²) in [5.74, 6) is -0.193. The van der Waals surface area contributed by atoms with Crippen LogP contribution in [0.3, 0.4) is 0 Å². The summed E-state index contributed by atoms with van der Waals surface area (Å²) in [6, 6.07) is 4.11. The van der Waals surface area contributed by atoms with Gasteiger partial charge in [-0.1, -0.05) is 0 Å². The zero-order chi connectivity index (χ0) is 21.3. The van der Waals surface area contributed by atoms with Gasteiger partial charge < -0.3 is 10.6 Å². The molecule has 30 heavy (non-hydrogen) atoms. The fourth-order valence-corrected chi connectivity index (χ4v) is 3.51. The highest BCUT2D eigenvalue weighted by Gasteiger charge is 2.22. The molecule has 2 amide bonds. The number of carbonyl (C=O) groups excluding carboxylic acids is 2. The maximum absolute atomic E-state index is 12.2. The van der Waals surface area contributed by atoms with Gasteiger partial charge >= 0.3 is 0 Å². The van der Waals surface area contributed by atoms with E-state index < -0.39 is 0 Å². The first-order valence-corrected chi connectivity index (χ1v) is 10.3. The fraction of sp³-hybridized carbons (Fsp3) is 0.333. The van der Waals surface area contributed by atoms with Crippen LogP contribution in [0.15, 0.2) is 49.1 Å². The van der Waals surface area contributed by atoms with E-state index in [0.29, 0.717) is 0 Å². The number of nitrogens with zero attached hydrogens (tertiary/aromatic N) is 2. The van der Waals surface area contributed by atoms with Crippen LogP contribution >= 0.6 is 0 Å². The number of carbonyl (C=O) groups is 2. The lowest BCUT2D eigenvalue weighted by Crippen LogP contribution is -2.43. The summed E-state index contributed by atoms with van der Waals surface area (Å²) in [7, 11) is 0. The Kier molecular flexibility index (Phi) is 7.49. The molecular formula is C24H28N4O2. The molecule has 0 aromatic carbocycles. The maximum Gasteiger partial charge on any atom is 0.244 e. The van der Waals surface area contributed by atoms with Crippen molar-refractivity contribution in [3.63, 3.8) is 0 Å². The molecule has 1 aliphatic rings. The number of rotatable bonds is 6. The fourth-order valence-electron chi connectivity index (χ4n) is 3.51. The standard InChI is InChI=1S/C24H28N4O2/c1-17-11-13-25-15-19(17)3-9-23(29)27-21-5-7-22(8-6-21)28-24(30)10-4-20-16-26-14-12-18(20)2/h3-4,9-16,21-22H,5-8H2,1-2H3,(H,27,29)(H,28,30)/b9-3+,10-4+. The first-order valence-electron chi connectivity index (χ1n) is 10.3. The normalized spacial score (nSPS) is 19.1. The Morgan fingerprint density at radius 1 is 0.800 bits per heavy atom. The van der Waals surface area contributed by atoms with Gasteiger partial charge in [-0.3, -0.25) is 19.6 Å². The minimum Gasteiger partial charge on any atom is -0.350 e. The first-order chi connectivity index (χ1) is 14.5. The number of hydrogen-bond acceptors (Lipinski definition) is 4.